The molecule has 1 unspecified atom stereocenters. The van der Waals surface area contributed by atoms with Crippen LogP contribution < -0.4 is 4.74 Å². The summed E-state index contributed by atoms with van der Waals surface area (Å²) in [5.41, 5.74) is 4.08. The maximum absolute atomic E-state index is 10.5. The highest BCUT2D eigenvalue weighted by molar-refractivity contribution is 5.43. The Hall–Kier alpha value is -2.89. The number of nitrogens with zero attached hydrogens (tertiary/aromatic N) is 3. The second kappa shape index (κ2) is 11.1. The highest BCUT2D eigenvalue weighted by Crippen LogP contribution is 2.32. The quantitative estimate of drug-likeness (QED) is 0.387. The van der Waals surface area contributed by atoms with E-state index >= 15 is 0 Å². The van der Waals surface area contributed by atoms with Crippen LogP contribution in [0.25, 0.3) is 5.69 Å². The smallest absolute Gasteiger partial charge is 0.227 e. The summed E-state index contributed by atoms with van der Waals surface area (Å²) in [7, 11) is 0. The van der Waals surface area contributed by atoms with Gasteiger partial charge in [0.15, 0.2) is 0 Å². The number of rotatable bonds is 11. The summed E-state index contributed by atoms with van der Waals surface area (Å²) in [5, 5.41) is 15.3. The van der Waals surface area contributed by atoms with Crippen molar-refractivity contribution in [1.82, 2.24) is 14.7 Å². The van der Waals surface area contributed by atoms with Crippen molar-refractivity contribution in [2.45, 2.75) is 59.2 Å². The zero-order valence-electron chi connectivity index (χ0n) is 19.7. The lowest BCUT2D eigenvalue weighted by atomic mass is 10.1. The number of aryl methyl sites for hydroxylation is 2. The molecule has 2 aromatic carbocycles. The number of aliphatic hydroxyl groups excluding tert-OH is 1. The van der Waals surface area contributed by atoms with Crippen LogP contribution in [0.1, 0.15) is 43.5 Å². The van der Waals surface area contributed by atoms with Crippen LogP contribution in [0.4, 0.5) is 0 Å². The molecule has 0 amide bonds. The van der Waals surface area contributed by atoms with Gasteiger partial charge in [-0.3, -0.25) is 4.90 Å². The van der Waals surface area contributed by atoms with Crippen LogP contribution in [0.5, 0.6) is 11.6 Å². The maximum atomic E-state index is 10.5. The van der Waals surface area contributed by atoms with E-state index in [1.807, 2.05) is 72.3 Å². The molecule has 32 heavy (non-hydrogen) atoms. The van der Waals surface area contributed by atoms with Gasteiger partial charge >= 0.3 is 0 Å². The SMILES string of the molecule is C=CCCC(O)CN(Cc1c(C)nn(-c2ccccc2)c1Oc1ccc(C)cc1)C(C)C. The van der Waals surface area contributed by atoms with E-state index < -0.39 is 6.10 Å². The van der Waals surface area contributed by atoms with E-state index in [0.29, 0.717) is 25.4 Å². The molecule has 3 rings (SSSR count). The van der Waals surface area contributed by atoms with Crippen molar-refractivity contribution in [3.8, 4) is 17.3 Å². The monoisotopic (exact) mass is 433 g/mol. The van der Waals surface area contributed by atoms with E-state index in [1.165, 1.54) is 5.56 Å². The Bertz CT molecular complexity index is 994. The molecule has 5 nitrogen and oxygen atoms in total. The molecular formula is C27H35N3O2. The Morgan fingerprint density at radius 3 is 2.41 bits per heavy atom. The van der Waals surface area contributed by atoms with Gasteiger partial charge in [-0.25, -0.2) is 4.68 Å². The third-order valence-electron chi connectivity index (χ3n) is 5.61. The number of hydrogen-bond acceptors (Lipinski definition) is 4. The van der Waals surface area contributed by atoms with Crippen molar-refractivity contribution in [2.24, 2.45) is 0 Å². The third-order valence-corrected chi connectivity index (χ3v) is 5.61. The molecular weight excluding hydrogens is 398 g/mol. The summed E-state index contributed by atoms with van der Waals surface area (Å²) >= 11 is 0. The lowest BCUT2D eigenvalue weighted by Gasteiger charge is -2.29. The first-order chi connectivity index (χ1) is 15.4. The van der Waals surface area contributed by atoms with Crippen LogP contribution in [0.2, 0.25) is 0 Å². The number of ether oxygens (including phenoxy) is 1. The first-order valence-electron chi connectivity index (χ1n) is 11.3. The molecule has 0 radical (unpaired) electrons. The van der Waals surface area contributed by atoms with Gasteiger partial charge in [-0.2, -0.15) is 5.10 Å². The van der Waals surface area contributed by atoms with E-state index in [4.69, 9.17) is 9.84 Å². The molecule has 0 aliphatic heterocycles. The van der Waals surface area contributed by atoms with Gasteiger partial charge in [0.2, 0.25) is 5.88 Å². The summed E-state index contributed by atoms with van der Waals surface area (Å²) in [4.78, 5) is 2.27. The molecule has 0 fully saturated rings. The number of aliphatic hydroxyl groups is 1. The normalized spacial score (nSPS) is 12.3. The minimum absolute atomic E-state index is 0.264. The first-order valence-corrected chi connectivity index (χ1v) is 11.3. The van der Waals surface area contributed by atoms with E-state index in [1.54, 1.807) is 0 Å². The predicted octanol–water partition coefficient (Wildman–Crippen LogP) is 5.82. The largest absolute Gasteiger partial charge is 0.439 e. The highest BCUT2D eigenvalue weighted by atomic mass is 16.5. The zero-order chi connectivity index (χ0) is 23.1. The summed E-state index contributed by atoms with van der Waals surface area (Å²) in [5.74, 6) is 1.49. The molecule has 1 N–H and O–H groups in total. The van der Waals surface area contributed by atoms with Crippen molar-refractivity contribution < 1.29 is 9.84 Å². The molecule has 3 aromatic rings. The van der Waals surface area contributed by atoms with Crippen molar-refractivity contribution in [3.05, 3.63) is 84.1 Å². The van der Waals surface area contributed by atoms with Gasteiger partial charge in [0.05, 0.1) is 23.0 Å². The second-order valence-electron chi connectivity index (χ2n) is 8.57. The van der Waals surface area contributed by atoms with E-state index in [2.05, 4.69) is 32.3 Å². The Kier molecular flexibility index (Phi) is 8.26. The molecule has 5 heteroatoms. The predicted molar refractivity (Wildman–Crippen MR) is 131 cm³/mol. The summed E-state index contributed by atoms with van der Waals surface area (Å²) in [6, 6.07) is 18.4. The molecule has 170 valence electrons. The number of aromatic nitrogens is 2. The number of hydrogen-bond donors (Lipinski definition) is 1. The lowest BCUT2D eigenvalue weighted by Crippen LogP contribution is -2.37. The Balaban J connectivity index is 1.97. The van der Waals surface area contributed by atoms with Crippen LogP contribution in [0.15, 0.2) is 67.3 Å². The van der Waals surface area contributed by atoms with Gasteiger partial charge in [0, 0.05) is 19.1 Å². The second-order valence-corrected chi connectivity index (χ2v) is 8.57. The van der Waals surface area contributed by atoms with E-state index in [9.17, 15) is 5.11 Å². The fourth-order valence-corrected chi connectivity index (χ4v) is 3.62. The fraction of sp³-hybridized carbons (Fsp3) is 0.370. The molecule has 0 aliphatic carbocycles. The Morgan fingerprint density at radius 1 is 1.09 bits per heavy atom. The van der Waals surface area contributed by atoms with Gasteiger partial charge < -0.3 is 9.84 Å². The molecule has 0 spiro atoms. The van der Waals surface area contributed by atoms with E-state index in [0.717, 1.165) is 29.1 Å². The van der Waals surface area contributed by atoms with Gasteiger partial charge in [-0.1, -0.05) is 42.0 Å². The summed E-state index contributed by atoms with van der Waals surface area (Å²) < 4.78 is 8.29. The highest BCUT2D eigenvalue weighted by Gasteiger charge is 2.23. The van der Waals surface area contributed by atoms with Crippen LogP contribution in [0.3, 0.4) is 0 Å². The number of para-hydroxylation sites is 1. The Labute approximate surface area is 192 Å². The summed E-state index contributed by atoms with van der Waals surface area (Å²) in [6.07, 6.45) is 2.97. The van der Waals surface area contributed by atoms with Crippen molar-refractivity contribution in [1.29, 1.82) is 0 Å². The number of benzene rings is 2. The van der Waals surface area contributed by atoms with Crippen molar-refractivity contribution in [2.75, 3.05) is 6.54 Å². The maximum Gasteiger partial charge on any atom is 0.227 e. The van der Waals surface area contributed by atoms with Crippen molar-refractivity contribution >= 4 is 0 Å². The Morgan fingerprint density at radius 2 is 1.78 bits per heavy atom. The van der Waals surface area contributed by atoms with Crippen LogP contribution in [0, 0.1) is 13.8 Å². The van der Waals surface area contributed by atoms with Gasteiger partial charge in [-0.15, -0.1) is 6.58 Å². The fourth-order valence-electron chi connectivity index (χ4n) is 3.62. The summed E-state index contributed by atoms with van der Waals surface area (Å²) in [6.45, 7) is 13.4. The van der Waals surface area contributed by atoms with Crippen LogP contribution in [-0.2, 0) is 6.54 Å². The zero-order valence-corrected chi connectivity index (χ0v) is 19.7. The first kappa shape index (κ1) is 23.8. The lowest BCUT2D eigenvalue weighted by molar-refractivity contribution is 0.0849. The minimum atomic E-state index is -0.402. The minimum Gasteiger partial charge on any atom is -0.439 e. The molecule has 0 saturated carbocycles. The molecule has 1 heterocycles. The number of allylic oxidation sites excluding steroid dienone is 1. The van der Waals surface area contributed by atoms with Gasteiger partial charge in [0.25, 0.3) is 0 Å². The molecule has 0 bridgehead atoms. The van der Waals surface area contributed by atoms with Crippen LogP contribution >= 0.6 is 0 Å². The van der Waals surface area contributed by atoms with Crippen molar-refractivity contribution in [3.63, 3.8) is 0 Å². The van der Waals surface area contributed by atoms with E-state index in [-0.39, 0.29) is 6.04 Å². The molecule has 1 atom stereocenters. The van der Waals surface area contributed by atoms with Gasteiger partial charge in [0.1, 0.15) is 5.75 Å². The van der Waals surface area contributed by atoms with Crippen LogP contribution in [-0.4, -0.2) is 38.5 Å². The topological polar surface area (TPSA) is 50.5 Å². The third kappa shape index (κ3) is 6.09. The molecule has 0 aliphatic rings. The van der Waals surface area contributed by atoms with Gasteiger partial charge in [-0.05, 0) is 64.8 Å². The average Bonchev–Trinajstić information content (AvgIpc) is 3.09. The average molecular weight is 434 g/mol. The standard InChI is InChI=1S/C27H35N3O2/c1-6-7-13-24(31)18-29(20(2)3)19-26-22(5)28-30(23-11-9-8-10-12-23)27(26)32-25-16-14-21(4)15-17-25/h6,8-12,14-17,20,24,31H,1,7,13,18-19H2,2-5H3. The molecule has 0 saturated heterocycles. The molecule has 1 aromatic heterocycles.